The molecule has 204 valence electrons. The van der Waals surface area contributed by atoms with Gasteiger partial charge in [0, 0.05) is 67.7 Å². The summed E-state index contributed by atoms with van der Waals surface area (Å²) in [5.74, 6) is 0. The number of hydrogen-bond acceptors (Lipinski definition) is 8. The first-order valence-electron chi connectivity index (χ1n) is 12.8. The molecule has 1 aromatic carbocycles. The van der Waals surface area contributed by atoms with E-state index in [1.165, 1.54) is 0 Å². The Morgan fingerprint density at radius 3 is 2.45 bits per heavy atom. The van der Waals surface area contributed by atoms with E-state index in [0.717, 1.165) is 51.1 Å². The van der Waals surface area contributed by atoms with Crippen LogP contribution in [-0.4, -0.2) is 79.2 Å². The Kier molecular flexibility index (Phi) is 8.08. The molecule has 8 nitrogen and oxygen atoms in total. The molecule has 11 heteroatoms. The lowest BCUT2D eigenvalue weighted by Crippen LogP contribution is -2.46. The highest BCUT2D eigenvalue weighted by molar-refractivity contribution is 6.21. The SMILES string of the molecule is C=C(NCCN1CCN(C)CC1)C(=N)c1c(N)ccc2nc(C(C=N)=C(N)C(F)(F)F)c3c(c12)CCCC3. The van der Waals surface area contributed by atoms with Gasteiger partial charge in [-0.15, -0.1) is 0 Å². The van der Waals surface area contributed by atoms with Crippen LogP contribution in [-0.2, 0) is 12.8 Å². The van der Waals surface area contributed by atoms with E-state index in [1.54, 1.807) is 12.1 Å². The fourth-order valence-corrected chi connectivity index (χ4v) is 5.23. The average molecular weight is 529 g/mol. The number of likely N-dealkylation sites (N-methyl/N-ethyl adjacent to an activating group) is 1. The van der Waals surface area contributed by atoms with E-state index < -0.39 is 17.4 Å². The van der Waals surface area contributed by atoms with Gasteiger partial charge in [-0.3, -0.25) is 10.3 Å². The summed E-state index contributed by atoms with van der Waals surface area (Å²) in [5, 5.41) is 20.6. The maximum Gasteiger partial charge on any atom is 0.431 e. The number of alkyl halides is 3. The molecule has 4 rings (SSSR count). The molecule has 1 fully saturated rings. The molecular weight excluding hydrogens is 493 g/mol. The first-order chi connectivity index (χ1) is 18.0. The van der Waals surface area contributed by atoms with Crippen molar-refractivity contribution in [3.05, 3.63) is 52.5 Å². The van der Waals surface area contributed by atoms with Gasteiger partial charge >= 0.3 is 6.18 Å². The van der Waals surface area contributed by atoms with E-state index in [4.69, 9.17) is 22.3 Å². The number of piperazine rings is 1. The Bertz CT molecular complexity index is 1290. The second kappa shape index (κ2) is 11.1. The second-order valence-electron chi connectivity index (χ2n) is 9.94. The standard InChI is InChI=1S/C27H35F3N8/c1-16(35-9-10-38-13-11-37(2)12-14-38)24(33)23-20(32)7-8-21-22(23)17-5-3-4-6-18(17)25(36-21)19(15-31)26(34)27(28,29)30/h7-8,15,31,33,35H,1,3-6,9-14,32,34H2,2H3. The van der Waals surface area contributed by atoms with Crippen LogP contribution in [0.2, 0.25) is 0 Å². The fraction of sp³-hybridized carbons (Fsp3) is 0.444. The number of allylic oxidation sites excluding steroid dienone is 3. The number of nitrogens with one attached hydrogen (secondary N) is 3. The molecule has 2 aromatic rings. The summed E-state index contributed by atoms with van der Waals surface area (Å²) in [7, 11) is 2.11. The van der Waals surface area contributed by atoms with E-state index >= 15 is 0 Å². The highest BCUT2D eigenvalue weighted by Crippen LogP contribution is 2.38. The minimum atomic E-state index is -4.78. The van der Waals surface area contributed by atoms with Crippen LogP contribution >= 0.6 is 0 Å². The number of aryl methyl sites for hydroxylation is 1. The molecule has 0 radical (unpaired) electrons. The molecule has 0 unspecified atom stereocenters. The number of rotatable bonds is 8. The zero-order valence-corrected chi connectivity index (χ0v) is 21.6. The molecule has 0 saturated carbocycles. The number of anilines is 1. The summed E-state index contributed by atoms with van der Waals surface area (Å²) in [4.78, 5) is 9.22. The third-order valence-electron chi connectivity index (χ3n) is 7.41. The molecule has 0 bridgehead atoms. The van der Waals surface area contributed by atoms with Crippen molar-refractivity contribution in [1.82, 2.24) is 20.1 Å². The van der Waals surface area contributed by atoms with Crippen molar-refractivity contribution < 1.29 is 13.2 Å². The largest absolute Gasteiger partial charge is 0.431 e. The molecule has 1 saturated heterocycles. The molecule has 1 aliphatic carbocycles. The number of nitrogen functional groups attached to an aromatic ring is 1. The number of nitrogens with two attached hydrogens (primary N) is 2. The lowest BCUT2D eigenvalue weighted by molar-refractivity contribution is -0.0919. The fourth-order valence-electron chi connectivity index (χ4n) is 5.23. The molecule has 0 atom stereocenters. The molecule has 38 heavy (non-hydrogen) atoms. The van der Waals surface area contributed by atoms with Crippen LogP contribution in [0, 0.1) is 10.8 Å². The van der Waals surface area contributed by atoms with Gasteiger partial charge in [0.1, 0.15) is 5.70 Å². The quantitative estimate of drug-likeness (QED) is 0.264. The van der Waals surface area contributed by atoms with E-state index in [2.05, 4.69) is 33.7 Å². The predicted molar refractivity (Wildman–Crippen MR) is 147 cm³/mol. The van der Waals surface area contributed by atoms with E-state index in [0.29, 0.717) is 59.0 Å². The minimum absolute atomic E-state index is 0.0726. The maximum absolute atomic E-state index is 13.5. The van der Waals surface area contributed by atoms with Gasteiger partial charge in [0.2, 0.25) is 0 Å². The van der Waals surface area contributed by atoms with Gasteiger partial charge in [-0.05, 0) is 56.0 Å². The normalized spacial score (nSPS) is 17.6. The Morgan fingerprint density at radius 2 is 1.82 bits per heavy atom. The third kappa shape index (κ3) is 5.53. The summed E-state index contributed by atoms with van der Waals surface area (Å²) in [6.07, 6.45) is -1.44. The Labute approximate surface area is 220 Å². The zero-order chi connectivity index (χ0) is 27.6. The van der Waals surface area contributed by atoms with Crippen LogP contribution < -0.4 is 16.8 Å². The van der Waals surface area contributed by atoms with Crippen LogP contribution in [0.25, 0.3) is 16.5 Å². The Balaban J connectivity index is 1.71. The Hall–Kier alpha value is -3.44. The lowest BCUT2D eigenvalue weighted by Gasteiger charge is -2.32. The van der Waals surface area contributed by atoms with Gasteiger partial charge in [-0.1, -0.05) is 6.58 Å². The van der Waals surface area contributed by atoms with Crippen molar-refractivity contribution in [2.75, 3.05) is 52.0 Å². The van der Waals surface area contributed by atoms with Crippen molar-refractivity contribution >= 4 is 34.1 Å². The highest BCUT2D eigenvalue weighted by atomic mass is 19.4. The molecule has 7 N–H and O–H groups in total. The van der Waals surface area contributed by atoms with Gasteiger partial charge < -0.3 is 27.1 Å². The number of aromatic nitrogens is 1. The number of pyridine rings is 1. The summed E-state index contributed by atoms with van der Waals surface area (Å²) >= 11 is 0. The number of nitrogens with zero attached hydrogens (tertiary/aromatic N) is 3. The first-order valence-corrected chi connectivity index (χ1v) is 12.8. The summed E-state index contributed by atoms with van der Waals surface area (Å²) in [6.45, 7) is 9.55. The first kappa shape index (κ1) is 27.6. The summed E-state index contributed by atoms with van der Waals surface area (Å²) < 4.78 is 40.5. The predicted octanol–water partition coefficient (Wildman–Crippen LogP) is 3.30. The van der Waals surface area contributed by atoms with Crippen LogP contribution in [0.1, 0.15) is 35.2 Å². The summed E-state index contributed by atoms with van der Waals surface area (Å²) in [5.41, 5.74) is 13.4. The van der Waals surface area contributed by atoms with Crippen molar-refractivity contribution in [1.29, 1.82) is 10.8 Å². The molecule has 2 aliphatic rings. The van der Waals surface area contributed by atoms with Gasteiger partial charge in [-0.2, -0.15) is 13.2 Å². The Morgan fingerprint density at radius 1 is 1.16 bits per heavy atom. The van der Waals surface area contributed by atoms with E-state index in [1.807, 2.05) is 0 Å². The molecule has 1 aromatic heterocycles. The van der Waals surface area contributed by atoms with E-state index in [9.17, 15) is 13.2 Å². The van der Waals surface area contributed by atoms with Crippen LogP contribution in [0.4, 0.5) is 18.9 Å². The van der Waals surface area contributed by atoms with E-state index in [-0.39, 0.29) is 11.4 Å². The molecular formula is C27H35F3N8. The van der Waals surface area contributed by atoms with Crippen molar-refractivity contribution in [3.63, 3.8) is 0 Å². The summed E-state index contributed by atoms with van der Waals surface area (Å²) in [6, 6.07) is 3.26. The maximum atomic E-state index is 13.5. The van der Waals surface area contributed by atoms with Crippen molar-refractivity contribution in [3.8, 4) is 0 Å². The topological polar surface area (TPSA) is 131 Å². The van der Waals surface area contributed by atoms with Crippen LogP contribution in [0.15, 0.2) is 30.1 Å². The van der Waals surface area contributed by atoms with Gasteiger partial charge in [0.15, 0.2) is 0 Å². The molecule has 2 heterocycles. The van der Waals surface area contributed by atoms with Crippen LogP contribution in [0.3, 0.4) is 0 Å². The van der Waals surface area contributed by atoms with Gasteiger partial charge in [0.25, 0.3) is 0 Å². The second-order valence-corrected chi connectivity index (χ2v) is 9.94. The number of hydrogen-bond donors (Lipinski definition) is 5. The third-order valence-corrected chi connectivity index (χ3v) is 7.41. The van der Waals surface area contributed by atoms with Crippen LogP contribution in [0.5, 0.6) is 0 Å². The number of halogens is 3. The van der Waals surface area contributed by atoms with Crippen molar-refractivity contribution in [2.45, 2.75) is 31.9 Å². The number of fused-ring (bicyclic) bond motifs is 3. The zero-order valence-electron chi connectivity index (χ0n) is 21.6. The molecule has 0 amide bonds. The smallest absolute Gasteiger partial charge is 0.398 e. The molecule has 0 spiro atoms. The minimum Gasteiger partial charge on any atom is -0.398 e. The average Bonchev–Trinajstić information content (AvgIpc) is 2.89. The highest BCUT2D eigenvalue weighted by Gasteiger charge is 2.36. The van der Waals surface area contributed by atoms with Gasteiger partial charge in [0.05, 0.1) is 22.6 Å². The van der Waals surface area contributed by atoms with Crippen molar-refractivity contribution in [2.24, 2.45) is 5.73 Å². The number of benzene rings is 1. The monoisotopic (exact) mass is 528 g/mol. The van der Waals surface area contributed by atoms with Gasteiger partial charge in [-0.25, -0.2) is 4.98 Å². The lowest BCUT2D eigenvalue weighted by atomic mass is 9.83. The molecule has 1 aliphatic heterocycles.